The smallest absolute Gasteiger partial charge is 0.255 e. The maximum atomic E-state index is 12.9. The minimum atomic E-state index is -0.305. The predicted octanol–water partition coefficient (Wildman–Crippen LogP) is 3.39. The lowest BCUT2D eigenvalue weighted by Gasteiger charge is -2.08. The van der Waals surface area contributed by atoms with Gasteiger partial charge in [-0.15, -0.1) is 0 Å². The molecule has 0 aliphatic rings. The van der Waals surface area contributed by atoms with E-state index in [0.29, 0.717) is 16.8 Å². The van der Waals surface area contributed by atoms with E-state index in [9.17, 15) is 9.18 Å². The molecule has 0 radical (unpaired) electrons. The molecule has 0 atom stereocenters. The van der Waals surface area contributed by atoms with Gasteiger partial charge in [0.05, 0.1) is 0 Å². The van der Waals surface area contributed by atoms with Crippen molar-refractivity contribution in [2.45, 2.75) is 6.92 Å². The van der Waals surface area contributed by atoms with Crippen molar-refractivity contribution in [1.29, 1.82) is 0 Å². The number of hydrogen-bond acceptors (Lipinski definition) is 1. The first-order valence-electron chi connectivity index (χ1n) is 5.29. The van der Waals surface area contributed by atoms with Crippen LogP contribution in [0.2, 0.25) is 0 Å². The van der Waals surface area contributed by atoms with E-state index in [1.165, 1.54) is 12.1 Å². The Bertz CT molecular complexity index is 537. The summed E-state index contributed by atoms with van der Waals surface area (Å²) in [5, 5.41) is 2.75. The van der Waals surface area contributed by atoms with Gasteiger partial charge in [0.15, 0.2) is 0 Å². The van der Waals surface area contributed by atoms with Gasteiger partial charge in [0.1, 0.15) is 5.82 Å². The largest absolute Gasteiger partial charge is 0.322 e. The van der Waals surface area contributed by atoms with Crippen molar-refractivity contribution in [2.24, 2.45) is 0 Å². The Labute approximate surface area is 99.1 Å². The summed E-state index contributed by atoms with van der Waals surface area (Å²) in [6, 6.07) is 13.2. The number of aryl methyl sites for hydroxylation is 1. The zero-order valence-corrected chi connectivity index (χ0v) is 9.41. The van der Waals surface area contributed by atoms with Crippen molar-refractivity contribution in [2.75, 3.05) is 5.32 Å². The number of halogens is 1. The number of amides is 1. The predicted molar refractivity (Wildman–Crippen MR) is 65.5 cm³/mol. The van der Waals surface area contributed by atoms with Gasteiger partial charge in [0.25, 0.3) is 5.91 Å². The Kier molecular flexibility index (Phi) is 3.19. The van der Waals surface area contributed by atoms with E-state index in [4.69, 9.17) is 0 Å². The molecule has 0 aliphatic carbocycles. The number of benzene rings is 2. The molecule has 0 bridgehead atoms. The summed E-state index contributed by atoms with van der Waals surface area (Å²) in [6.07, 6.45) is 0. The molecule has 86 valence electrons. The summed E-state index contributed by atoms with van der Waals surface area (Å²) in [5.74, 6) is -0.500. The summed E-state index contributed by atoms with van der Waals surface area (Å²) in [7, 11) is 0. The Morgan fingerprint density at radius 1 is 1.12 bits per heavy atom. The molecule has 0 heterocycles. The van der Waals surface area contributed by atoms with Crippen molar-refractivity contribution in [3.8, 4) is 0 Å². The summed E-state index contributed by atoms with van der Waals surface area (Å²) in [5.41, 5.74) is 1.91. The summed E-state index contributed by atoms with van der Waals surface area (Å²) in [4.78, 5) is 11.8. The molecule has 0 aromatic heterocycles. The van der Waals surface area contributed by atoms with Crippen LogP contribution in [0, 0.1) is 12.7 Å². The number of carbonyl (C=O) groups is 1. The molecule has 2 rings (SSSR count). The van der Waals surface area contributed by atoms with Gasteiger partial charge in [0, 0.05) is 11.3 Å². The maximum absolute atomic E-state index is 12.9. The van der Waals surface area contributed by atoms with Gasteiger partial charge in [-0.2, -0.15) is 0 Å². The standard InChI is InChI=1S/C14H12FNO/c1-10-9-12(15)7-8-13(10)16-14(17)11-5-3-2-4-6-11/h2-9H,1H3,(H,16,17). The third-order valence-corrected chi connectivity index (χ3v) is 2.47. The molecule has 0 saturated heterocycles. The van der Waals surface area contributed by atoms with Crippen LogP contribution in [-0.2, 0) is 0 Å². The van der Waals surface area contributed by atoms with E-state index >= 15 is 0 Å². The first kappa shape index (κ1) is 11.3. The van der Waals surface area contributed by atoms with E-state index in [-0.39, 0.29) is 11.7 Å². The summed E-state index contributed by atoms with van der Waals surface area (Å²) < 4.78 is 12.9. The van der Waals surface area contributed by atoms with Gasteiger partial charge in [-0.1, -0.05) is 18.2 Å². The van der Waals surface area contributed by atoms with Crippen LogP contribution in [-0.4, -0.2) is 5.91 Å². The van der Waals surface area contributed by atoms with Crippen molar-refractivity contribution in [3.63, 3.8) is 0 Å². The van der Waals surface area contributed by atoms with Crippen LogP contribution in [0.15, 0.2) is 48.5 Å². The highest BCUT2D eigenvalue weighted by molar-refractivity contribution is 6.04. The zero-order valence-electron chi connectivity index (χ0n) is 9.41. The molecule has 1 N–H and O–H groups in total. The molecule has 1 amide bonds. The molecular weight excluding hydrogens is 217 g/mol. The van der Waals surface area contributed by atoms with Crippen molar-refractivity contribution < 1.29 is 9.18 Å². The zero-order chi connectivity index (χ0) is 12.3. The van der Waals surface area contributed by atoms with Gasteiger partial charge in [-0.25, -0.2) is 4.39 Å². The van der Waals surface area contributed by atoms with Crippen LogP contribution in [0.3, 0.4) is 0 Å². The average Bonchev–Trinajstić information content (AvgIpc) is 2.34. The van der Waals surface area contributed by atoms with Gasteiger partial charge in [-0.05, 0) is 42.8 Å². The van der Waals surface area contributed by atoms with Crippen LogP contribution in [0.4, 0.5) is 10.1 Å². The molecule has 0 unspecified atom stereocenters. The highest BCUT2D eigenvalue weighted by Crippen LogP contribution is 2.16. The average molecular weight is 229 g/mol. The molecule has 0 saturated carbocycles. The SMILES string of the molecule is Cc1cc(F)ccc1NC(=O)c1ccccc1. The Morgan fingerprint density at radius 3 is 2.47 bits per heavy atom. The lowest BCUT2D eigenvalue weighted by atomic mass is 10.1. The maximum Gasteiger partial charge on any atom is 0.255 e. The van der Waals surface area contributed by atoms with Crippen LogP contribution >= 0.6 is 0 Å². The second kappa shape index (κ2) is 4.78. The van der Waals surface area contributed by atoms with E-state index in [1.807, 2.05) is 6.07 Å². The van der Waals surface area contributed by atoms with Gasteiger partial charge < -0.3 is 5.32 Å². The van der Waals surface area contributed by atoms with Gasteiger partial charge >= 0.3 is 0 Å². The molecule has 3 heteroatoms. The fourth-order valence-corrected chi connectivity index (χ4v) is 1.55. The van der Waals surface area contributed by atoms with Crippen LogP contribution in [0.5, 0.6) is 0 Å². The molecule has 0 aliphatic heterocycles. The Morgan fingerprint density at radius 2 is 1.82 bits per heavy atom. The third-order valence-electron chi connectivity index (χ3n) is 2.47. The highest BCUT2D eigenvalue weighted by atomic mass is 19.1. The minimum absolute atomic E-state index is 0.194. The van der Waals surface area contributed by atoms with Crippen LogP contribution in [0.1, 0.15) is 15.9 Å². The molecular formula is C14H12FNO. The van der Waals surface area contributed by atoms with E-state index in [1.54, 1.807) is 37.3 Å². The molecule has 2 nitrogen and oxygen atoms in total. The van der Waals surface area contributed by atoms with E-state index < -0.39 is 0 Å². The summed E-state index contributed by atoms with van der Waals surface area (Å²) >= 11 is 0. The number of hydrogen-bond donors (Lipinski definition) is 1. The first-order chi connectivity index (χ1) is 8.16. The van der Waals surface area contributed by atoms with Crippen molar-refractivity contribution in [1.82, 2.24) is 0 Å². The van der Waals surface area contributed by atoms with E-state index in [0.717, 1.165) is 0 Å². The molecule has 2 aromatic carbocycles. The van der Waals surface area contributed by atoms with Gasteiger partial charge in [-0.3, -0.25) is 4.79 Å². The monoisotopic (exact) mass is 229 g/mol. The van der Waals surface area contributed by atoms with Crippen molar-refractivity contribution in [3.05, 3.63) is 65.5 Å². The summed E-state index contributed by atoms with van der Waals surface area (Å²) in [6.45, 7) is 1.75. The quantitative estimate of drug-likeness (QED) is 0.840. The van der Waals surface area contributed by atoms with Gasteiger partial charge in [0.2, 0.25) is 0 Å². The second-order valence-corrected chi connectivity index (χ2v) is 3.78. The Balaban J connectivity index is 2.19. The third kappa shape index (κ3) is 2.69. The Hall–Kier alpha value is -2.16. The van der Waals surface area contributed by atoms with Crippen LogP contribution in [0.25, 0.3) is 0 Å². The fraction of sp³-hybridized carbons (Fsp3) is 0.0714. The molecule has 2 aromatic rings. The minimum Gasteiger partial charge on any atom is -0.322 e. The fourth-order valence-electron chi connectivity index (χ4n) is 1.55. The molecule has 17 heavy (non-hydrogen) atoms. The number of carbonyl (C=O) groups excluding carboxylic acids is 1. The molecule has 0 fully saturated rings. The second-order valence-electron chi connectivity index (χ2n) is 3.78. The van der Waals surface area contributed by atoms with Crippen molar-refractivity contribution >= 4 is 11.6 Å². The first-order valence-corrected chi connectivity index (χ1v) is 5.29. The molecule has 0 spiro atoms. The highest BCUT2D eigenvalue weighted by Gasteiger charge is 2.07. The number of nitrogens with one attached hydrogen (secondary N) is 1. The topological polar surface area (TPSA) is 29.1 Å². The number of anilines is 1. The van der Waals surface area contributed by atoms with Crippen LogP contribution < -0.4 is 5.32 Å². The number of rotatable bonds is 2. The normalized spacial score (nSPS) is 10.0. The lowest BCUT2D eigenvalue weighted by molar-refractivity contribution is 0.102. The lowest BCUT2D eigenvalue weighted by Crippen LogP contribution is -2.12. The van der Waals surface area contributed by atoms with E-state index in [2.05, 4.69) is 5.32 Å².